The molecule has 25 heavy (non-hydrogen) atoms. The number of likely N-dealkylation sites (N-methyl/N-ethyl adjacent to an activating group) is 1. The highest BCUT2D eigenvalue weighted by molar-refractivity contribution is 5.85. The Hall–Kier alpha value is -1.22. The van der Waals surface area contributed by atoms with Crippen LogP contribution in [0.15, 0.2) is 0 Å². The number of rotatable bonds is 4. The van der Waals surface area contributed by atoms with E-state index in [0.29, 0.717) is 32.7 Å². The lowest BCUT2D eigenvalue weighted by atomic mass is 9.97. The van der Waals surface area contributed by atoms with E-state index in [-0.39, 0.29) is 37.0 Å². The van der Waals surface area contributed by atoms with Crippen molar-refractivity contribution in [3.63, 3.8) is 0 Å². The third-order valence-electron chi connectivity index (χ3n) is 5.78. The summed E-state index contributed by atoms with van der Waals surface area (Å²) >= 11 is 0. The highest BCUT2D eigenvalue weighted by atomic mass is 16.5. The van der Waals surface area contributed by atoms with Crippen LogP contribution < -0.4 is 0 Å². The molecule has 2 amide bonds. The van der Waals surface area contributed by atoms with Crippen molar-refractivity contribution in [3.8, 4) is 0 Å². The molecule has 8 heteroatoms. The number of ether oxygens (including phenoxy) is 1. The summed E-state index contributed by atoms with van der Waals surface area (Å²) in [6, 6.07) is 0.0178. The summed E-state index contributed by atoms with van der Waals surface area (Å²) in [4.78, 5) is 29.6. The molecule has 3 atom stereocenters. The van der Waals surface area contributed by atoms with Gasteiger partial charge in [-0.25, -0.2) is 0 Å². The van der Waals surface area contributed by atoms with Crippen LogP contribution in [-0.4, -0.2) is 107 Å². The van der Waals surface area contributed by atoms with Gasteiger partial charge in [0.15, 0.2) is 0 Å². The zero-order valence-electron chi connectivity index (χ0n) is 14.8. The second-order valence-electron chi connectivity index (χ2n) is 7.36. The average Bonchev–Trinajstić information content (AvgIpc) is 3.01. The first kappa shape index (κ1) is 18.6. The quantitative estimate of drug-likeness (QED) is 0.648. The molecule has 0 bridgehead atoms. The van der Waals surface area contributed by atoms with E-state index in [2.05, 4.69) is 4.90 Å². The molecular formula is C17H29N3O5. The first-order valence-electron chi connectivity index (χ1n) is 9.18. The highest BCUT2D eigenvalue weighted by Crippen LogP contribution is 2.22. The second kappa shape index (κ2) is 7.99. The topological polar surface area (TPSA) is 93.6 Å². The summed E-state index contributed by atoms with van der Waals surface area (Å²) in [5.74, 6) is 0.0978. The maximum absolute atomic E-state index is 12.4. The number of likely N-dealkylation sites (tertiary alicyclic amines) is 2. The number of aliphatic hydroxyl groups is 2. The standard InChI is InChI=1S/C17H29N3O5/c1-18(13-10-25-11-14(21)17(13)24)12-4-7-19(8-5-12)16(23)9-20-6-2-3-15(20)22/h12-14,17,21,24H,2-11H2,1H3/t13-,14-,17+/m1/s1. The number of piperidine rings is 1. The minimum Gasteiger partial charge on any atom is -0.389 e. The number of carbonyl (C=O) groups is 2. The molecule has 3 aliphatic rings. The van der Waals surface area contributed by atoms with Gasteiger partial charge in [0.05, 0.1) is 31.9 Å². The first-order chi connectivity index (χ1) is 12.0. The summed E-state index contributed by atoms with van der Waals surface area (Å²) in [6.07, 6.45) is 1.37. The molecule has 0 aromatic rings. The molecule has 0 saturated carbocycles. The van der Waals surface area contributed by atoms with Crippen LogP contribution in [0.1, 0.15) is 25.7 Å². The Morgan fingerprint density at radius 1 is 1.24 bits per heavy atom. The van der Waals surface area contributed by atoms with E-state index in [1.54, 1.807) is 4.90 Å². The van der Waals surface area contributed by atoms with Gasteiger partial charge in [-0.2, -0.15) is 0 Å². The number of hydrogen-bond acceptors (Lipinski definition) is 6. The average molecular weight is 355 g/mol. The normalized spacial score (nSPS) is 31.8. The van der Waals surface area contributed by atoms with E-state index in [9.17, 15) is 19.8 Å². The van der Waals surface area contributed by atoms with Gasteiger partial charge in [0.1, 0.15) is 6.10 Å². The summed E-state index contributed by atoms with van der Waals surface area (Å²) in [5.41, 5.74) is 0. The lowest BCUT2D eigenvalue weighted by molar-refractivity contribution is -0.143. The first-order valence-corrected chi connectivity index (χ1v) is 9.18. The van der Waals surface area contributed by atoms with Gasteiger partial charge in [0.2, 0.25) is 11.8 Å². The molecular weight excluding hydrogens is 326 g/mol. The maximum Gasteiger partial charge on any atom is 0.242 e. The zero-order valence-corrected chi connectivity index (χ0v) is 14.8. The van der Waals surface area contributed by atoms with E-state index >= 15 is 0 Å². The third-order valence-corrected chi connectivity index (χ3v) is 5.78. The molecule has 0 aliphatic carbocycles. The maximum atomic E-state index is 12.4. The van der Waals surface area contributed by atoms with Crippen LogP contribution in [0.25, 0.3) is 0 Å². The molecule has 3 aliphatic heterocycles. The number of aliphatic hydroxyl groups excluding tert-OH is 2. The van der Waals surface area contributed by atoms with Gasteiger partial charge in [-0.15, -0.1) is 0 Å². The Balaban J connectivity index is 1.47. The Bertz CT molecular complexity index is 495. The molecule has 8 nitrogen and oxygen atoms in total. The van der Waals surface area contributed by atoms with Crippen molar-refractivity contribution < 1.29 is 24.5 Å². The largest absolute Gasteiger partial charge is 0.389 e. The Morgan fingerprint density at radius 3 is 2.60 bits per heavy atom. The lowest BCUT2D eigenvalue weighted by Crippen LogP contribution is -2.59. The van der Waals surface area contributed by atoms with Crippen molar-refractivity contribution in [2.75, 3.05) is 46.4 Å². The van der Waals surface area contributed by atoms with E-state index in [4.69, 9.17) is 4.74 Å². The van der Waals surface area contributed by atoms with Gasteiger partial charge in [0.25, 0.3) is 0 Å². The smallest absolute Gasteiger partial charge is 0.242 e. The minimum absolute atomic E-state index is 0.0211. The van der Waals surface area contributed by atoms with Crippen LogP contribution in [0.3, 0.4) is 0 Å². The van der Waals surface area contributed by atoms with Gasteiger partial charge in [-0.1, -0.05) is 0 Å². The van der Waals surface area contributed by atoms with Crippen LogP contribution in [0.5, 0.6) is 0 Å². The van der Waals surface area contributed by atoms with Crippen LogP contribution in [-0.2, 0) is 14.3 Å². The second-order valence-corrected chi connectivity index (χ2v) is 7.36. The number of carbonyl (C=O) groups excluding carboxylic acids is 2. The number of hydrogen-bond donors (Lipinski definition) is 2. The van der Waals surface area contributed by atoms with Crippen LogP contribution in [0.2, 0.25) is 0 Å². The molecule has 0 spiro atoms. The van der Waals surface area contributed by atoms with Crippen LogP contribution in [0, 0.1) is 0 Å². The molecule has 3 fully saturated rings. The van der Waals surface area contributed by atoms with Crippen molar-refractivity contribution in [2.45, 2.75) is 50.0 Å². The Labute approximate surface area is 148 Å². The Morgan fingerprint density at radius 2 is 1.96 bits per heavy atom. The molecule has 142 valence electrons. The lowest BCUT2D eigenvalue weighted by Gasteiger charge is -2.44. The minimum atomic E-state index is -0.846. The molecule has 0 aromatic carbocycles. The zero-order chi connectivity index (χ0) is 18.0. The molecule has 0 radical (unpaired) electrons. The van der Waals surface area contributed by atoms with Gasteiger partial charge < -0.3 is 24.7 Å². The Kier molecular flexibility index (Phi) is 5.93. The molecule has 0 unspecified atom stereocenters. The van der Waals surface area contributed by atoms with Gasteiger partial charge in [-0.05, 0) is 26.3 Å². The van der Waals surface area contributed by atoms with Crippen LogP contribution in [0.4, 0.5) is 0 Å². The molecule has 3 heterocycles. The van der Waals surface area contributed by atoms with E-state index < -0.39 is 12.2 Å². The van der Waals surface area contributed by atoms with Crippen molar-refractivity contribution in [1.82, 2.24) is 14.7 Å². The third kappa shape index (κ3) is 4.13. The fourth-order valence-corrected chi connectivity index (χ4v) is 4.05. The fourth-order valence-electron chi connectivity index (χ4n) is 4.05. The summed E-state index contributed by atoms with van der Waals surface area (Å²) < 4.78 is 5.37. The van der Waals surface area contributed by atoms with E-state index in [1.165, 1.54) is 0 Å². The molecule has 0 aromatic heterocycles. The summed E-state index contributed by atoms with van der Waals surface area (Å²) in [5, 5.41) is 20.0. The van der Waals surface area contributed by atoms with Gasteiger partial charge in [0, 0.05) is 32.1 Å². The fraction of sp³-hybridized carbons (Fsp3) is 0.882. The summed E-state index contributed by atoms with van der Waals surface area (Å²) in [7, 11) is 1.94. The molecule has 3 saturated heterocycles. The SMILES string of the molecule is CN(C1CCN(C(=O)CN2CCCC2=O)CC1)[C@@H]1COC[C@@H](O)[C@H]1O. The van der Waals surface area contributed by atoms with Crippen molar-refractivity contribution in [1.29, 1.82) is 0 Å². The molecule has 2 N–H and O–H groups in total. The highest BCUT2D eigenvalue weighted by Gasteiger charge is 2.37. The monoisotopic (exact) mass is 355 g/mol. The predicted octanol–water partition coefficient (Wildman–Crippen LogP) is -1.35. The van der Waals surface area contributed by atoms with E-state index in [1.807, 2.05) is 11.9 Å². The van der Waals surface area contributed by atoms with Crippen LogP contribution >= 0.6 is 0 Å². The summed E-state index contributed by atoms with van der Waals surface area (Å²) in [6.45, 7) is 2.77. The van der Waals surface area contributed by atoms with Crippen molar-refractivity contribution >= 4 is 11.8 Å². The number of amides is 2. The van der Waals surface area contributed by atoms with Gasteiger partial charge in [-0.3, -0.25) is 14.5 Å². The predicted molar refractivity (Wildman–Crippen MR) is 89.8 cm³/mol. The van der Waals surface area contributed by atoms with Gasteiger partial charge >= 0.3 is 0 Å². The van der Waals surface area contributed by atoms with Crippen molar-refractivity contribution in [2.24, 2.45) is 0 Å². The molecule has 3 rings (SSSR count). The van der Waals surface area contributed by atoms with Crippen molar-refractivity contribution in [3.05, 3.63) is 0 Å². The van der Waals surface area contributed by atoms with E-state index in [0.717, 1.165) is 19.3 Å². The number of nitrogens with zero attached hydrogens (tertiary/aromatic N) is 3.